The number of nitrogens with two attached hydrogens (primary N) is 1. The van der Waals surface area contributed by atoms with Crippen molar-refractivity contribution in [2.24, 2.45) is 5.73 Å². The lowest BCUT2D eigenvalue weighted by atomic mass is 10.0. The first-order chi connectivity index (χ1) is 14.6. The van der Waals surface area contributed by atoms with Gasteiger partial charge in [0.15, 0.2) is 0 Å². The largest absolute Gasteiger partial charge is 0.351 e. The van der Waals surface area contributed by atoms with E-state index in [1.54, 1.807) is 6.20 Å². The van der Waals surface area contributed by atoms with Gasteiger partial charge in [-0.1, -0.05) is 36.4 Å². The summed E-state index contributed by atoms with van der Waals surface area (Å²) in [5, 5.41) is 9.86. The van der Waals surface area contributed by atoms with Crippen LogP contribution in [0.3, 0.4) is 0 Å². The molecule has 1 unspecified atom stereocenters. The average molecular weight is 440 g/mol. The van der Waals surface area contributed by atoms with Crippen molar-refractivity contribution in [3.63, 3.8) is 0 Å². The number of nitrogens with zero attached hydrogens (tertiary/aromatic N) is 1. The first-order valence-electron chi connectivity index (χ1n) is 10.1. The predicted octanol–water partition coefficient (Wildman–Crippen LogP) is 1.99. The minimum Gasteiger partial charge on any atom is -0.351 e. The summed E-state index contributed by atoms with van der Waals surface area (Å²) >= 11 is 0. The number of anilines is 1. The van der Waals surface area contributed by atoms with Crippen molar-refractivity contribution in [1.29, 1.82) is 0 Å². The molecule has 7 nitrogen and oxygen atoms in total. The molecule has 4 rings (SSSR count). The molecule has 0 spiro atoms. The van der Waals surface area contributed by atoms with Crippen molar-refractivity contribution in [3.8, 4) is 0 Å². The Morgan fingerprint density at radius 3 is 2.68 bits per heavy atom. The highest BCUT2D eigenvalue weighted by Crippen LogP contribution is 2.21. The molecule has 0 aliphatic carbocycles. The van der Waals surface area contributed by atoms with Gasteiger partial charge in [-0.3, -0.25) is 14.6 Å². The van der Waals surface area contributed by atoms with E-state index in [0.29, 0.717) is 18.7 Å². The number of amides is 2. The molecule has 2 amide bonds. The summed E-state index contributed by atoms with van der Waals surface area (Å²) in [4.78, 5) is 28.5. The predicted molar refractivity (Wildman–Crippen MR) is 124 cm³/mol. The lowest BCUT2D eigenvalue weighted by molar-refractivity contribution is -0.121. The second-order valence-corrected chi connectivity index (χ2v) is 7.57. The van der Waals surface area contributed by atoms with Gasteiger partial charge in [-0.15, -0.1) is 12.4 Å². The zero-order chi connectivity index (χ0) is 20.9. The van der Waals surface area contributed by atoms with Crippen LogP contribution in [0.15, 0.2) is 60.8 Å². The first kappa shape index (κ1) is 22.7. The summed E-state index contributed by atoms with van der Waals surface area (Å²) in [6, 6.07) is 18.0. The lowest BCUT2D eigenvalue weighted by Crippen LogP contribution is -2.39. The molecule has 5 N–H and O–H groups in total. The van der Waals surface area contributed by atoms with Gasteiger partial charge in [0.1, 0.15) is 0 Å². The van der Waals surface area contributed by atoms with Gasteiger partial charge < -0.3 is 21.7 Å². The van der Waals surface area contributed by atoms with E-state index in [-0.39, 0.29) is 42.8 Å². The highest BCUT2D eigenvalue weighted by molar-refractivity contribution is 5.96. The maximum absolute atomic E-state index is 12.6. The minimum atomic E-state index is -0.367. The fraction of sp³-hybridized carbons (Fsp3) is 0.261. The Bertz CT molecular complexity index is 1060. The van der Waals surface area contributed by atoms with Gasteiger partial charge in [0.25, 0.3) is 0 Å². The van der Waals surface area contributed by atoms with Crippen LogP contribution in [0.2, 0.25) is 0 Å². The van der Waals surface area contributed by atoms with E-state index >= 15 is 0 Å². The standard InChI is InChI=1S/C23H25N5O2.ClH/c24-12-22(29)27-19-11-21(26-14-19)23(30)28-18-10-17-9-16(6-7-20(17)25-13-18)8-15-4-2-1-3-5-15;/h1-7,9-10,13,19,21,26H,8,11-12,14,24H2,(H,27,29)(H,28,30);1H/t19?,21-;/m0./s1. The van der Waals surface area contributed by atoms with Crippen molar-refractivity contribution < 1.29 is 9.59 Å². The second-order valence-electron chi connectivity index (χ2n) is 7.57. The molecule has 2 atom stereocenters. The SMILES string of the molecule is Cl.NCC(=O)NC1CN[C@H](C(=O)Nc2cnc3ccc(Cc4ccccc4)cc3c2)C1. The van der Waals surface area contributed by atoms with Gasteiger partial charge in [-0.2, -0.15) is 0 Å². The van der Waals surface area contributed by atoms with Crippen LogP contribution in [0.25, 0.3) is 10.9 Å². The highest BCUT2D eigenvalue weighted by Gasteiger charge is 2.30. The van der Waals surface area contributed by atoms with Crippen LogP contribution >= 0.6 is 12.4 Å². The number of carbonyl (C=O) groups is 2. The van der Waals surface area contributed by atoms with Crippen molar-refractivity contribution in [3.05, 3.63) is 71.9 Å². The molecular formula is C23H26ClN5O2. The molecular weight excluding hydrogens is 414 g/mol. The van der Waals surface area contributed by atoms with E-state index in [0.717, 1.165) is 17.3 Å². The number of aromatic nitrogens is 1. The fourth-order valence-corrected chi connectivity index (χ4v) is 3.75. The van der Waals surface area contributed by atoms with Crippen LogP contribution in [0.1, 0.15) is 17.5 Å². The highest BCUT2D eigenvalue weighted by atomic mass is 35.5. The van der Waals surface area contributed by atoms with E-state index in [2.05, 4.69) is 45.2 Å². The zero-order valence-electron chi connectivity index (χ0n) is 17.0. The van der Waals surface area contributed by atoms with Crippen molar-refractivity contribution in [1.82, 2.24) is 15.6 Å². The van der Waals surface area contributed by atoms with Gasteiger partial charge in [-0.25, -0.2) is 0 Å². The molecule has 0 saturated carbocycles. The van der Waals surface area contributed by atoms with E-state index in [4.69, 9.17) is 5.73 Å². The van der Waals surface area contributed by atoms with Crippen LogP contribution in [-0.2, 0) is 16.0 Å². The summed E-state index contributed by atoms with van der Waals surface area (Å²) < 4.78 is 0. The molecule has 8 heteroatoms. The summed E-state index contributed by atoms with van der Waals surface area (Å²) in [5.74, 6) is -0.353. The van der Waals surface area contributed by atoms with Crippen LogP contribution in [0.5, 0.6) is 0 Å². The topological polar surface area (TPSA) is 109 Å². The number of fused-ring (bicyclic) bond motifs is 1. The quantitative estimate of drug-likeness (QED) is 0.469. The summed E-state index contributed by atoms with van der Waals surface area (Å²) in [7, 11) is 0. The fourth-order valence-electron chi connectivity index (χ4n) is 3.75. The number of halogens is 1. The molecule has 2 aromatic carbocycles. The molecule has 1 aliphatic rings. The van der Waals surface area contributed by atoms with E-state index in [1.807, 2.05) is 30.3 Å². The molecule has 2 heterocycles. The maximum Gasteiger partial charge on any atom is 0.241 e. The zero-order valence-corrected chi connectivity index (χ0v) is 17.8. The monoisotopic (exact) mass is 439 g/mol. The van der Waals surface area contributed by atoms with Crippen molar-refractivity contribution in [2.75, 3.05) is 18.4 Å². The van der Waals surface area contributed by atoms with Gasteiger partial charge in [0.05, 0.1) is 30.0 Å². The molecule has 1 aromatic heterocycles. The van der Waals surface area contributed by atoms with E-state index in [9.17, 15) is 9.59 Å². The number of hydrogen-bond donors (Lipinski definition) is 4. The summed E-state index contributed by atoms with van der Waals surface area (Å²) in [5.41, 5.74) is 9.30. The smallest absolute Gasteiger partial charge is 0.241 e. The van der Waals surface area contributed by atoms with E-state index in [1.165, 1.54) is 11.1 Å². The Morgan fingerprint density at radius 1 is 1.10 bits per heavy atom. The second kappa shape index (κ2) is 10.3. The number of hydrogen-bond acceptors (Lipinski definition) is 5. The summed E-state index contributed by atoms with van der Waals surface area (Å²) in [6.45, 7) is 0.491. The van der Waals surface area contributed by atoms with Crippen molar-refractivity contribution >= 4 is 40.8 Å². The summed E-state index contributed by atoms with van der Waals surface area (Å²) in [6.07, 6.45) is 3.04. The van der Waals surface area contributed by atoms with E-state index < -0.39 is 0 Å². The molecule has 31 heavy (non-hydrogen) atoms. The third kappa shape index (κ3) is 5.79. The average Bonchev–Trinajstić information content (AvgIpc) is 3.23. The Kier molecular flexibility index (Phi) is 7.57. The molecule has 1 fully saturated rings. The number of nitrogens with one attached hydrogen (secondary N) is 3. The van der Waals surface area contributed by atoms with Gasteiger partial charge in [0, 0.05) is 18.0 Å². The Hall–Kier alpha value is -3.00. The molecule has 1 aliphatic heterocycles. The minimum absolute atomic E-state index is 0. The van der Waals surface area contributed by atoms with Gasteiger partial charge in [-0.05, 0) is 42.2 Å². The number of rotatable bonds is 6. The van der Waals surface area contributed by atoms with Crippen molar-refractivity contribution in [2.45, 2.75) is 24.9 Å². The third-order valence-electron chi connectivity index (χ3n) is 5.26. The Labute approximate surface area is 187 Å². The normalized spacial score (nSPS) is 17.7. The van der Waals surface area contributed by atoms with Crippen LogP contribution < -0.4 is 21.7 Å². The molecule has 1 saturated heterocycles. The number of benzene rings is 2. The first-order valence-corrected chi connectivity index (χ1v) is 10.1. The lowest BCUT2D eigenvalue weighted by Gasteiger charge is -2.13. The van der Waals surface area contributed by atoms with Crippen LogP contribution in [0.4, 0.5) is 5.69 Å². The molecule has 162 valence electrons. The number of carbonyl (C=O) groups excluding carboxylic acids is 2. The van der Waals surface area contributed by atoms with Gasteiger partial charge >= 0.3 is 0 Å². The third-order valence-corrected chi connectivity index (χ3v) is 5.26. The molecule has 0 bridgehead atoms. The van der Waals surface area contributed by atoms with Crippen LogP contribution in [-0.4, -0.2) is 42.0 Å². The van der Waals surface area contributed by atoms with Crippen LogP contribution in [0, 0.1) is 0 Å². The number of pyridine rings is 1. The Morgan fingerprint density at radius 2 is 1.90 bits per heavy atom. The van der Waals surface area contributed by atoms with Gasteiger partial charge in [0.2, 0.25) is 11.8 Å². The maximum atomic E-state index is 12.6. The Balaban J connectivity index is 0.00000272. The molecule has 3 aromatic rings. The molecule has 0 radical (unpaired) electrons.